The number of hydrogen-bond donors (Lipinski definition) is 1. The number of anilines is 1. The van der Waals surface area contributed by atoms with Crippen LogP contribution in [0.5, 0.6) is 0 Å². The molecular weight excluding hydrogens is 204 g/mol. The van der Waals surface area contributed by atoms with E-state index >= 15 is 0 Å². The molecule has 0 spiro atoms. The highest BCUT2D eigenvalue weighted by Gasteiger charge is 1.99. The molecule has 0 amide bonds. The second-order valence-electron chi connectivity index (χ2n) is 3.20. The summed E-state index contributed by atoms with van der Waals surface area (Å²) in [6, 6.07) is 3.84. The third-order valence-electron chi connectivity index (χ3n) is 2.14. The lowest BCUT2D eigenvalue weighted by Crippen LogP contribution is -2.06. The second-order valence-corrected chi connectivity index (χ2v) is 3.20. The summed E-state index contributed by atoms with van der Waals surface area (Å²) in [6.45, 7) is 0.622. The maximum absolute atomic E-state index is 8.56. The van der Waals surface area contributed by atoms with E-state index in [4.69, 9.17) is 5.26 Å². The fourth-order valence-electron chi connectivity index (χ4n) is 1.23. The third-order valence-corrected chi connectivity index (χ3v) is 2.14. The summed E-state index contributed by atoms with van der Waals surface area (Å²) < 4.78 is 1.78. The van der Waals surface area contributed by atoms with Crippen LogP contribution in [0, 0.1) is 11.3 Å². The third kappa shape index (κ3) is 2.15. The van der Waals surface area contributed by atoms with Crippen LogP contribution in [0.25, 0.3) is 0 Å². The molecule has 0 aromatic carbocycles. The van der Waals surface area contributed by atoms with Gasteiger partial charge in [0, 0.05) is 13.2 Å². The lowest BCUT2D eigenvalue weighted by Gasteiger charge is -2.04. The minimum absolute atomic E-state index is 0.311. The first-order valence-electron chi connectivity index (χ1n) is 4.72. The van der Waals surface area contributed by atoms with Crippen molar-refractivity contribution >= 4 is 5.82 Å². The maximum Gasteiger partial charge on any atom is 0.158 e. The van der Waals surface area contributed by atoms with Crippen LogP contribution in [0.4, 0.5) is 5.82 Å². The highest BCUT2D eigenvalue weighted by atomic mass is 15.3. The molecule has 2 rings (SSSR count). The van der Waals surface area contributed by atoms with Gasteiger partial charge in [0.2, 0.25) is 0 Å². The van der Waals surface area contributed by atoms with Gasteiger partial charge in [0.05, 0.1) is 24.6 Å². The van der Waals surface area contributed by atoms with Gasteiger partial charge < -0.3 is 5.32 Å². The molecule has 0 unspecified atom stereocenters. The van der Waals surface area contributed by atoms with E-state index in [9.17, 15) is 0 Å². The molecule has 80 valence electrons. The fourth-order valence-corrected chi connectivity index (χ4v) is 1.23. The smallest absolute Gasteiger partial charge is 0.158 e. The quantitative estimate of drug-likeness (QED) is 0.813. The normalized spacial score (nSPS) is 9.75. The van der Waals surface area contributed by atoms with E-state index in [0.29, 0.717) is 18.1 Å². The molecule has 0 saturated carbocycles. The lowest BCUT2D eigenvalue weighted by molar-refractivity contribution is 0.720. The molecule has 2 aromatic heterocycles. The molecular formula is C10H10N6. The van der Waals surface area contributed by atoms with Crippen LogP contribution in [-0.2, 0) is 13.6 Å². The molecule has 0 aliphatic carbocycles. The summed E-state index contributed by atoms with van der Waals surface area (Å²) in [5, 5.41) is 15.7. The number of rotatable bonds is 3. The number of aromatic nitrogens is 4. The number of aryl methyl sites for hydroxylation is 1. The monoisotopic (exact) mass is 214 g/mol. The Balaban J connectivity index is 2.00. The van der Waals surface area contributed by atoms with Crippen molar-refractivity contribution in [2.24, 2.45) is 7.05 Å². The van der Waals surface area contributed by atoms with Crippen molar-refractivity contribution in [2.75, 3.05) is 5.32 Å². The van der Waals surface area contributed by atoms with Crippen molar-refractivity contribution in [2.45, 2.75) is 6.54 Å². The Morgan fingerprint density at radius 3 is 2.88 bits per heavy atom. The highest BCUT2D eigenvalue weighted by molar-refractivity contribution is 5.33. The molecule has 6 heteroatoms. The second kappa shape index (κ2) is 4.40. The molecule has 2 heterocycles. The Hall–Kier alpha value is -2.42. The zero-order valence-electron chi connectivity index (χ0n) is 8.75. The summed E-state index contributed by atoms with van der Waals surface area (Å²) >= 11 is 0. The Bertz CT molecular complexity index is 507. The van der Waals surface area contributed by atoms with Gasteiger partial charge in [0.1, 0.15) is 11.9 Å². The summed E-state index contributed by atoms with van der Waals surface area (Å²) in [5.74, 6) is 0.639. The number of nitrogens with one attached hydrogen (secondary N) is 1. The van der Waals surface area contributed by atoms with Gasteiger partial charge in [-0.2, -0.15) is 10.4 Å². The molecule has 0 atom stereocenters. The Morgan fingerprint density at radius 1 is 1.44 bits per heavy atom. The minimum Gasteiger partial charge on any atom is -0.363 e. The zero-order valence-corrected chi connectivity index (χ0v) is 8.75. The Kier molecular flexibility index (Phi) is 2.78. The number of nitriles is 1. The van der Waals surface area contributed by atoms with Crippen molar-refractivity contribution < 1.29 is 0 Å². The molecule has 0 aliphatic heterocycles. The Labute approximate surface area is 92.6 Å². The summed E-state index contributed by atoms with van der Waals surface area (Å²) in [7, 11) is 1.88. The van der Waals surface area contributed by atoms with Crippen molar-refractivity contribution in [3.05, 3.63) is 36.0 Å². The van der Waals surface area contributed by atoms with E-state index < -0.39 is 0 Å². The molecule has 0 aliphatic rings. The van der Waals surface area contributed by atoms with Gasteiger partial charge >= 0.3 is 0 Å². The van der Waals surface area contributed by atoms with Crippen molar-refractivity contribution in [3.63, 3.8) is 0 Å². The fraction of sp³-hybridized carbons (Fsp3) is 0.200. The minimum atomic E-state index is 0.311. The van der Waals surface area contributed by atoms with E-state index in [2.05, 4.69) is 20.4 Å². The van der Waals surface area contributed by atoms with E-state index in [-0.39, 0.29) is 0 Å². The predicted octanol–water partition coefficient (Wildman–Crippen LogP) is 0.694. The van der Waals surface area contributed by atoms with Crippen molar-refractivity contribution in [3.8, 4) is 6.07 Å². The molecule has 0 bridgehead atoms. The number of nitrogens with zero attached hydrogens (tertiary/aromatic N) is 5. The van der Waals surface area contributed by atoms with Gasteiger partial charge in [0.15, 0.2) is 5.69 Å². The summed E-state index contributed by atoms with van der Waals surface area (Å²) in [6.07, 6.45) is 4.71. The Morgan fingerprint density at radius 2 is 2.31 bits per heavy atom. The average molecular weight is 214 g/mol. The van der Waals surface area contributed by atoms with Crippen LogP contribution in [0.2, 0.25) is 0 Å². The molecule has 2 aromatic rings. The first-order chi connectivity index (χ1) is 7.79. The first kappa shape index (κ1) is 10.1. The van der Waals surface area contributed by atoms with Gasteiger partial charge in [-0.25, -0.2) is 9.97 Å². The van der Waals surface area contributed by atoms with Crippen LogP contribution < -0.4 is 5.32 Å². The van der Waals surface area contributed by atoms with E-state index in [1.165, 1.54) is 12.4 Å². The molecule has 0 saturated heterocycles. The van der Waals surface area contributed by atoms with Crippen LogP contribution in [0.1, 0.15) is 11.4 Å². The lowest BCUT2D eigenvalue weighted by atomic mass is 10.4. The van der Waals surface area contributed by atoms with E-state index in [0.717, 1.165) is 5.69 Å². The van der Waals surface area contributed by atoms with Crippen molar-refractivity contribution in [1.29, 1.82) is 5.26 Å². The van der Waals surface area contributed by atoms with Gasteiger partial charge in [-0.05, 0) is 6.07 Å². The van der Waals surface area contributed by atoms with Crippen molar-refractivity contribution in [1.82, 2.24) is 19.7 Å². The van der Waals surface area contributed by atoms with Crippen LogP contribution >= 0.6 is 0 Å². The van der Waals surface area contributed by atoms with Crippen LogP contribution in [0.3, 0.4) is 0 Å². The summed E-state index contributed by atoms with van der Waals surface area (Å²) in [5.41, 5.74) is 1.36. The molecule has 1 N–H and O–H groups in total. The first-order valence-corrected chi connectivity index (χ1v) is 4.72. The summed E-state index contributed by atoms with van der Waals surface area (Å²) in [4.78, 5) is 7.96. The predicted molar refractivity (Wildman–Crippen MR) is 57.3 cm³/mol. The molecule has 6 nitrogen and oxygen atoms in total. The van der Waals surface area contributed by atoms with Crippen LogP contribution in [0.15, 0.2) is 24.7 Å². The maximum atomic E-state index is 8.56. The zero-order chi connectivity index (χ0) is 11.4. The van der Waals surface area contributed by atoms with Crippen LogP contribution in [-0.4, -0.2) is 19.7 Å². The number of hydrogen-bond acceptors (Lipinski definition) is 5. The van der Waals surface area contributed by atoms with Gasteiger partial charge in [-0.15, -0.1) is 0 Å². The van der Waals surface area contributed by atoms with Gasteiger partial charge in [-0.3, -0.25) is 4.68 Å². The molecule has 0 radical (unpaired) electrons. The topological polar surface area (TPSA) is 79.4 Å². The largest absolute Gasteiger partial charge is 0.363 e. The van der Waals surface area contributed by atoms with E-state index in [1.54, 1.807) is 10.9 Å². The molecule has 16 heavy (non-hydrogen) atoms. The standard InChI is InChI=1S/C10H10N6/c1-16-9(2-3-15-16)6-14-10-7-12-8(4-11)5-13-10/h2-3,5,7H,6H2,1H3,(H,13,14). The SMILES string of the molecule is Cn1nccc1CNc1cnc(C#N)cn1. The van der Waals surface area contributed by atoms with E-state index in [1.807, 2.05) is 19.2 Å². The van der Waals surface area contributed by atoms with Gasteiger partial charge in [-0.1, -0.05) is 0 Å². The highest BCUT2D eigenvalue weighted by Crippen LogP contribution is 2.03. The van der Waals surface area contributed by atoms with Gasteiger partial charge in [0.25, 0.3) is 0 Å². The average Bonchev–Trinajstić information content (AvgIpc) is 2.73. The molecule has 0 fully saturated rings.